The Labute approximate surface area is 153 Å². The monoisotopic (exact) mass is 395 g/mol. The number of furan rings is 1. The second kappa shape index (κ2) is 6.80. The Morgan fingerprint density at radius 1 is 1.38 bits per heavy atom. The van der Waals surface area contributed by atoms with E-state index in [1.807, 2.05) is 18.2 Å². The summed E-state index contributed by atoms with van der Waals surface area (Å²) in [6.07, 6.45) is 1.15. The van der Waals surface area contributed by atoms with Crippen molar-refractivity contribution >= 4 is 43.4 Å². The minimum Gasteiger partial charge on any atom is -0.458 e. The maximum atomic E-state index is 12.4. The SMILES string of the molecule is CC(=O)Nc1ncc(S(=O)(=O)NCC(C)(O)c2cc3ccccc3o2)s1. The van der Waals surface area contributed by atoms with Gasteiger partial charge in [0, 0.05) is 18.9 Å². The predicted octanol–water partition coefficient (Wildman–Crippen LogP) is 2.03. The van der Waals surface area contributed by atoms with Crippen LogP contribution in [-0.4, -0.2) is 31.0 Å². The van der Waals surface area contributed by atoms with E-state index in [2.05, 4.69) is 15.0 Å². The van der Waals surface area contributed by atoms with Crippen LogP contribution < -0.4 is 10.0 Å². The first-order valence-electron chi connectivity index (χ1n) is 7.62. The third-order valence-corrected chi connectivity index (χ3v) is 6.37. The number of para-hydroxylation sites is 1. The molecular weight excluding hydrogens is 378 g/mol. The summed E-state index contributed by atoms with van der Waals surface area (Å²) < 4.78 is 32.7. The van der Waals surface area contributed by atoms with E-state index in [1.165, 1.54) is 13.8 Å². The average Bonchev–Trinajstić information content (AvgIpc) is 3.20. The number of nitrogens with zero attached hydrogens (tertiary/aromatic N) is 1. The van der Waals surface area contributed by atoms with Crippen LogP contribution in [-0.2, 0) is 20.4 Å². The summed E-state index contributed by atoms with van der Waals surface area (Å²) in [4.78, 5) is 14.8. The van der Waals surface area contributed by atoms with Gasteiger partial charge < -0.3 is 14.8 Å². The fraction of sp³-hybridized carbons (Fsp3) is 0.250. The van der Waals surface area contributed by atoms with Crippen molar-refractivity contribution in [1.29, 1.82) is 0 Å². The van der Waals surface area contributed by atoms with Crippen molar-refractivity contribution in [2.45, 2.75) is 23.7 Å². The lowest BCUT2D eigenvalue weighted by Crippen LogP contribution is -2.38. The molecule has 2 heterocycles. The molecule has 0 fully saturated rings. The summed E-state index contributed by atoms with van der Waals surface area (Å²) in [5, 5.41) is 14.0. The smallest absolute Gasteiger partial charge is 0.251 e. The fourth-order valence-corrected chi connectivity index (χ4v) is 4.49. The second-order valence-electron chi connectivity index (χ2n) is 5.91. The Bertz CT molecular complexity index is 1020. The number of hydrogen-bond acceptors (Lipinski definition) is 7. The van der Waals surface area contributed by atoms with Crippen LogP contribution in [0.3, 0.4) is 0 Å². The van der Waals surface area contributed by atoms with Gasteiger partial charge in [-0.05, 0) is 19.1 Å². The molecule has 10 heteroatoms. The maximum absolute atomic E-state index is 12.4. The van der Waals surface area contributed by atoms with Gasteiger partial charge in [-0.25, -0.2) is 18.1 Å². The minimum atomic E-state index is -3.89. The molecule has 0 aliphatic rings. The first kappa shape index (κ1) is 18.5. The Morgan fingerprint density at radius 3 is 2.81 bits per heavy atom. The molecule has 1 amide bonds. The largest absolute Gasteiger partial charge is 0.458 e. The van der Waals surface area contributed by atoms with Gasteiger partial charge in [-0.1, -0.05) is 29.5 Å². The van der Waals surface area contributed by atoms with Gasteiger partial charge in [-0.2, -0.15) is 0 Å². The quantitative estimate of drug-likeness (QED) is 0.587. The third kappa shape index (κ3) is 3.93. The van der Waals surface area contributed by atoms with Crippen LogP contribution in [0.15, 0.2) is 45.2 Å². The molecule has 2 aromatic heterocycles. The van der Waals surface area contributed by atoms with Crippen LogP contribution in [0.5, 0.6) is 0 Å². The molecule has 0 radical (unpaired) electrons. The summed E-state index contributed by atoms with van der Waals surface area (Å²) in [6, 6.07) is 8.92. The number of thiazole rings is 1. The molecule has 0 saturated heterocycles. The first-order valence-corrected chi connectivity index (χ1v) is 9.92. The molecule has 3 N–H and O–H groups in total. The number of nitrogens with one attached hydrogen (secondary N) is 2. The molecule has 1 aromatic carbocycles. The molecule has 26 heavy (non-hydrogen) atoms. The van der Waals surface area contributed by atoms with E-state index >= 15 is 0 Å². The number of amides is 1. The van der Waals surface area contributed by atoms with E-state index in [0.717, 1.165) is 22.9 Å². The van der Waals surface area contributed by atoms with Crippen LogP contribution in [0.4, 0.5) is 5.13 Å². The number of benzene rings is 1. The standard InChI is InChI=1S/C16H17N3O5S2/c1-10(20)19-15-17-8-14(25-15)26(22,23)18-9-16(2,21)13-7-11-5-3-4-6-12(11)24-13/h3-8,18,21H,9H2,1-2H3,(H,17,19,20). The number of fused-ring (bicyclic) bond motifs is 1. The molecule has 0 saturated carbocycles. The number of rotatable bonds is 6. The topological polar surface area (TPSA) is 122 Å². The molecule has 0 bridgehead atoms. The van der Waals surface area contributed by atoms with Gasteiger partial charge in [0.1, 0.15) is 16.9 Å². The molecule has 138 valence electrons. The number of hydrogen-bond donors (Lipinski definition) is 3. The second-order valence-corrected chi connectivity index (χ2v) is 8.94. The van der Waals surface area contributed by atoms with Gasteiger partial charge in [-0.15, -0.1) is 0 Å². The van der Waals surface area contributed by atoms with Crippen LogP contribution in [0, 0.1) is 0 Å². The number of aromatic nitrogens is 1. The number of carbonyl (C=O) groups excluding carboxylic acids is 1. The van der Waals surface area contributed by atoms with Crippen molar-refractivity contribution in [2.75, 3.05) is 11.9 Å². The molecule has 0 spiro atoms. The lowest BCUT2D eigenvalue weighted by Gasteiger charge is -2.20. The first-order chi connectivity index (χ1) is 12.2. The Kier molecular flexibility index (Phi) is 4.84. The van der Waals surface area contributed by atoms with Crippen molar-refractivity contribution in [3.05, 3.63) is 42.3 Å². The van der Waals surface area contributed by atoms with Gasteiger partial charge in [0.2, 0.25) is 5.91 Å². The summed E-state index contributed by atoms with van der Waals surface area (Å²) >= 11 is 0.820. The van der Waals surface area contributed by atoms with Gasteiger partial charge in [0.05, 0.1) is 6.20 Å². The van der Waals surface area contributed by atoms with Crippen LogP contribution in [0.25, 0.3) is 11.0 Å². The highest BCUT2D eigenvalue weighted by molar-refractivity contribution is 7.91. The van der Waals surface area contributed by atoms with E-state index in [-0.39, 0.29) is 27.6 Å². The average molecular weight is 395 g/mol. The van der Waals surface area contributed by atoms with Crippen molar-refractivity contribution in [3.8, 4) is 0 Å². The maximum Gasteiger partial charge on any atom is 0.251 e. The van der Waals surface area contributed by atoms with Gasteiger partial charge >= 0.3 is 0 Å². The van der Waals surface area contributed by atoms with E-state index in [1.54, 1.807) is 12.1 Å². The third-order valence-electron chi connectivity index (χ3n) is 3.60. The van der Waals surface area contributed by atoms with Crippen molar-refractivity contribution in [3.63, 3.8) is 0 Å². The van der Waals surface area contributed by atoms with Gasteiger partial charge in [-0.3, -0.25) is 4.79 Å². The van der Waals surface area contributed by atoms with Crippen molar-refractivity contribution < 1.29 is 22.7 Å². The Hall–Kier alpha value is -2.27. The molecule has 8 nitrogen and oxygen atoms in total. The van der Waals surface area contributed by atoms with Crippen molar-refractivity contribution in [1.82, 2.24) is 9.71 Å². The van der Waals surface area contributed by atoms with Crippen LogP contribution in [0.1, 0.15) is 19.6 Å². The van der Waals surface area contributed by atoms with E-state index in [4.69, 9.17) is 4.42 Å². The molecule has 0 aliphatic heterocycles. The van der Waals surface area contributed by atoms with Gasteiger partial charge in [0.25, 0.3) is 10.0 Å². The zero-order valence-electron chi connectivity index (χ0n) is 14.0. The zero-order valence-corrected chi connectivity index (χ0v) is 15.6. The van der Waals surface area contributed by atoms with E-state index < -0.39 is 15.6 Å². The molecule has 3 rings (SSSR count). The minimum absolute atomic E-state index is 0.0679. The highest BCUT2D eigenvalue weighted by Crippen LogP contribution is 2.28. The Morgan fingerprint density at radius 2 is 2.12 bits per heavy atom. The summed E-state index contributed by atoms with van der Waals surface area (Å²) in [5.74, 6) is -0.0892. The molecule has 3 aromatic rings. The highest BCUT2D eigenvalue weighted by Gasteiger charge is 2.30. The number of carbonyl (C=O) groups is 1. The van der Waals surface area contributed by atoms with Crippen LogP contribution in [0.2, 0.25) is 0 Å². The van der Waals surface area contributed by atoms with E-state index in [0.29, 0.717) is 5.58 Å². The molecule has 0 aliphatic carbocycles. The summed E-state index contributed by atoms with van der Waals surface area (Å²) in [6.45, 7) is 2.48. The molecule has 1 unspecified atom stereocenters. The zero-order chi connectivity index (χ0) is 18.9. The number of aliphatic hydroxyl groups is 1. The van der Waals surface area contributed by atoms with E-state index in [9.17, 15) is 18.3 Å². The Balaban J connectivity index is 1.75. The normalized spacial score (nSPS) is 14.3. The van der Waals surface area contributed by atoms with Crippen LogP contribution >= 0.6 is 11.3 Å². The summed E-state index contributed by atoms with van der Waals surface area (Å²) in [7, 11) is -3.89. The highest BCUT2D eigenvalue weighted by atomic mass is 32.2. The van der Waals surface area contributed by atoms with Crippen molar-refractivity contribution in [2.24, 2.45) is 0 Å². The lowest BCUT2D eigenvalue weighted by molar-refractivity contribution is -0.114. The molecular formula is C16H17N3O5S2. The fourth-order valence-electron chi connectivity index (χ4n) is 2.23. The predicted molar refractivity (Wildman–Crippen MR) is 97.4 cm³/mol. The lowest BCUT2D eigenvalue weighted by atomic mass is 10.0. The molecule has 1 atom stereocenters. The number of sulfonamides is 1. The number of anilines is 1. The van der Waals surface area contributed by atoms with Gasteiger partial charge in [0.15, 0.2) is 9.34 Å². The summed E-state index contributed by atoms with van der Waals surface area (Å²) in [5.41, 5.74) is -0.940.